The van der Waals surface area contributed by atoms with Gasteiger partial charge in [-0.15, -0.1) is 0 Å². The molecule has 0 spiro atoms. The number of pyridine rings is 1. The quantitative estimate of drug-likeness (QED) is 0.644. The van der Waals surface area contributed by atoms with Gasteiger partial charge in [0.2, 0.25) is 11.8 Å². The molecular formula is C25H21N3O3. The molecule has 3 aromatic rings. The SMILES string of the molecule is N#Cc1ccc(OC2CCN(C(=O)C3c4ccccc4Oc4ccccc43)CC2)nc1. The predicted octanol–water partition coefficient (Wildman–Crippen LogP) is 4.26. The van der Waals surface area contributed by atoms with E-state index in [1.165, 1.54) is 6.20 Å². The number of benzene rings is 2. The third-order valence-corrected chi connectivity index (χ3v) is 5.83. The Labute approximate surface area is 180 Å². The molecule has 6 heteroatoms. The monoisotopic (exact) mass is 411 g/mol. The van der Waals surface area contributed by atoms with Crippen molar-refractivity contribution >= 4 is 5.91 Å². The molecule has 1 amide bonds. The van der Waals surface area contributed by atoms with Gasteiger partial charge in [-0.3, -0.25) is 4.79 Å². The van der Waals surface area contributed by atoms with Gasteiger partial charge in [-0.05, 0) is 18.2 Å². The Kier molecular flexibility index (Phi) is 5.01. The van der Waals surface area contributed by atoms with E-state index in [1.807, 2.05) is 53.4 Å². The van der Waals surface area contributed by atoms with Crippen LogP contribution in [0.15, 0.2) is 66.9 Å². The van der Waals surface area contributed by atoms with E-state index in [0.717, 1.165) is 35.5 Å². The van der Waals surface area contributed by atoms with Crippen molar-refractivity contribution in [2.24, 2.45) is 0 Å². The van der Waals surface area contributed by atoms with Crippen LogP contribution in [0.25, 0.3) is 0 Å². The molecule has 0 bridgehead atoms. The first-order chi connectivity index (χ1) is 15.2. The van der Waals surface area contributed by atoms with Crippen molar-refractivity contribution in [2.45, 2.75) is 24.9 Å². The highest BCUT2D eigenvalue weighted by molar-refractivity contribution is 5.89. The number of piperidine rings is 1. The summed E-state index contributed by atoms with van der Waals surface area (Å²) in [4.78, 5) is 19.7. The van der Waals surface area contributed by atoms with Gasteiger partial charge < -0.3 is 14.4 Å². The minimum Gasteiger partial charge on any atom is -0.474 e. The van der Waals surface area contributed by atoms with E-state index in [1.54, 1.807) is 12.1 Å². The van der Waals surface area contributed by atoms with Crippen molar-refractivity contribution in [3.8, 4) is 23.4 Å². The summed E-state index contributed by atoms with van der Waals surface area (Å²) in [6.07, 6.45) is 2.98. The van der Waals surface area contributed by atoms with Crippen molar-refractivity contribution in [3.63, 3.8) is 0 Å². The Hall–Kier alpha value is -3.85. The van der Waals surface area contributed by atoms with Crippen molar-refractivity contribution < 1.29 is 14.3 Å². The number of nitriles is 1. The van der Waals surface area contributed by atoms with Crippen LogP contribution in [0.2, 0.25) is 0 Å². The molecule has 0 radical (unpaired) electrons. The van der Waals surface area contributed by atoms with Gasteiger partial charge in [0.25, 0.3) is 0 Å². The summed E-state index contributed by atoms with van der Waals surface area (Å²) in [6, 6.07) is 21.0. The molecule has 5 rings (SSSR count). The Balaban J connectivity index is 1.30. The molecule has 0 aliphatic carbocycles. The molecule has 6 nitrogen and oxygen atoms in total. The number of fused-ring (bicyclic) bond motifs is 2. The molecule has 2 aromatic carbocycles. The highest BCUT2D eigenvalue weighted by Gasteiger charge is 2.36. The maximum Gasteiger partial charge on any atom is 0.234 e. The summed E-state index contributed by atoms with van der Waals surface area (Å²) in [5, 5.41) is 8.88. The lowest BCUT2D eigenvalue weighted by Gasteiger charge is -2.36. The second-order valence-electron chi connectivity index (χ2n) is 7.75. The van der Waals surface area contributed by atoms with Gasteiger partial charge in [0.15, 0.2) is 0 Å². The molecular weight excluding hydrogens is 390 g/mol. The molecule has 2 aliphatic rings. The summed E-state index contributed by atoms with van der Waals surface area (Å²) in [5.74, 6) is 1.72. The van der Waals surface area contributed by atoms with Crippen LogP contribution in [0.5, 0.6) is 17.4 Å². The summed E-state index contributed by atoms with van der Waals surface area (Å²) in [6.45, 7) is 1.25. The first kappa shape index (κ1) is 19.1. The first-order valence-corrected chi connectivity index (χ1v) is 10.4. The number of likely N-dealkylation sites (tertiary alicyclic amines) is 1. The molecule has 0 saturated carbocycles. The highest BCUT2D eigenvalue weighted by Crippen LogP contribution is 2.44. The van der Waals surface area contributed by atoms with Crippen LogP contribution < -0.4 is 9.47 Å². The van der Waals surface area contributed by atoms with Gasteiger partial charge >= 0.3 is 0 Å². The molecule has 154 valence electrons. The smallest absolute Gasteiger partial charge is 0.234 e. The predicted molar refractivity (Wildman–Crippen MR) is 114 cm³/mol. The number of carbonyl (C=O) groups is 1. The maximum absolute atomic E-state index is 13.6. The number of rotatable bonds is 3. The van der Waals surface area contributed by atoms with E-state index in [0.29, 0.717) is 24.5 Å². The van der Waals surface area contributed by atoms with Crippen LogP contribution in [-0.4, -0.2) is 35.0 Å². The number of para-hydroxylation sites is 2. The van der Waals surface area contributed by atoms with Crippen LogP contribution in [0.3, 0.4) is 0 Å². The van der Waals surface area contributed by atoms with Crippen molar-refractivity contribution in [1.82, 2.24) is 9.88 Å². The standard InChI is InChI=1S/C25H21N3O3/c26-15-17-9-10-23(27-16-17)30-18-11-13-28(14-12-18)25(29)24-19-5-1-3-7-21(19)31-22-8-4-2-6-20(22)24/h1-10,16,18,24H,11-14H2. The third-order valence-electron chi connectivity index (χ3n) is 5.83. The van der Waals surface area contributed by atoms with Crippen molar-refractivity contribution in [3.05, 3.63) is 83.6 Å². The lowest BCUT2D eigenvalue weighted by Crippen LogP contribution is -2.44. The molecule has 3 heterocycles. The average molecular weight is 411 g/mol. The molecule has 1 fully saturated rings. The van der Waals surface area contributed by atoms with E-state index < -0.39 is 0 Å². The third kappa shape index (κ3) is 3.71. The molecule has 0 unspecified atom stereocenters. The summed E-state index contributed by atoms with van der Waals surface area (Å²) in [5.41, 5.74) is 2.32. The Morgan fingerprint density at radius 3 is 2.23 bits per heavy atom. The van der Waals surface area contributed by atoms with Crippen LogP contribution in [0.4, 0.5) is 0 Å². The maximum atomic E-state index is 13.6. The number of carbonyl (C=O) groups excluding carboxylic acids is 1. The second-order valence-corrected chi connectivity index (χ2v) is 7.75. The molecule has 0 N–H and O–H groups in total. The first-order valence-electron chi connectivity index (χ1n) is 10.4. The summed E-state index contributed by atoms with van der Waals surface area (Å²) < 4.78 is 12.0. The van der Waals surface area contributed by atoms with Crippen molar-refractivity contribution in [1.29, 1.82) is 5.26 Å². The normalized spacial score (nSPS) is 15.9. The van der Waals surface area contributed by atoms with E-state index in [4.69, 9.17) is 14.7 Å². The number of amides is 1. The molecule has 0 atom stereocenters. The topological polar surface area (TPSA) is 75.5 Å². The van der Waals surface area contributed by atoms with Crippen LogP contribution >= 0.6 is 0 Å². The van der Waals surface area contributed by atoms with E-state index in [2.05, 4.69) is 11.1 Å². The average Bonchev–Trinajstić information content (AvgIpc) is 2.83. The van der Waals surface area contributed by atoms with Crippen LogP contribution in [0.1, 0.15) is 35.4 Å². The fraction of sp³-hybridized carbons (Fsp3) is 0.240. The van der Waals surface area contributed by atoms with Gasteiger partial charge in [0.05, 0.1) is 11.5 Å². The summed E-state index contributed by atoms with van der Waals surface area (Å²) in [7, 11) is 0. The molecule has 1 aromatic heterocycles. The number of hydrogen-bond acceptors (Lipinski definition) is 5. The lowest BCUT2D eigenvalue weighted by molar-refractivity contribution is -0.133. The lowest BCUT2D eigenvalue weighted by atomic mass is 9.86. The highest BCUT2D eigenvalue weighted by atomic mass is 16.5. The zero-order valence-electron chi connectivity index (χ0n) is 16.9. The van der Waals surface area contributed by atoms with Gasteiger partial charge in [-0.2, -0.15) is 5.26 Å². The second kappa shape index (κ2) is 8.11. The minimum atomic E-state index is -0.362. The van der Waals surface area contributed by atoms with E-state index >= 15 is 0 Å². The zero-order valence-corrected chi connectivity index (χ0v) is 16.9. The fourth-order valence-electron chi connectivity index (χ4n) is 4.24. The fourth-order valence-corrected chi connectivity index (χ4v) is 4.24. The van der Waals surface area contributed by atoms with Crippen molar-refractivity contribution in [2.75, 3.05) is 13.1 Å². The molecule has 2 aliphatic heterocycles. The van der Waals surface area contributed by atoms with Gasteiger partial charge in [0.1, 0.15) is 23.7 Å². The number of aromatic nitrogens is 1. The minimum absolute atomic E-state index is 0.00116. The van der Waals surface area contributed by atoms with Crippen LogP contribution in [0, 0.1) is 11.3 Å². The van der Waals surface area contributed by atoms with Gasteiger partial charge in [-0.1, -0.05) is 36.4 Å². The van der Waals surface area contributed by atoms with E-state index in [9.17, 15) is 4.79 Å². The van der Waals surface area contributed by atoms with Gasteiger partial charge in [-0.25, -0.2) is 4.98 Å². The Bertz CT molecular complexity index is 1100. The molecule has 1 saturated heterocycles. The van der Waals surface area contributed by atoms with Gasteiger partial charge in [0, 0.05) is 49.3 Å². The Morgan fingerprint density at radius 1 is 1.00 bits per heavy atom. The van der Waals surface area contributed by atoms with Crippen LogP contribution in [-0.2, 0) is 4.79 Å². The van der Waals surface area contributed by atoms with E-state index in [-0.39, 0.29) is 17.9 Å². The number of hydrogen-bond donors (Lipinski definition) is 0. The summed E-state index contributed by atoms with van der Waals surface area (Å²) >= 11 is 0. The zero-order chi connectivity index (χ0) is 21.2. The largest absolute Gasteiger partial charge is 0.474 e. The Morgan fingerprint density at radius 2 is 1.65 bits per heavy atom. The number of nitrogens with zero attached hydrogens (tertiary/aromatic N) is 3. The number of ether oxygens (including phenoxy) is 2. The molecule has 31 heavy (non-hydrogen) atoms.